The minimum atomic E-state index is -0.343. The summed E-state index contributed by atoms with van der Waals surface area (Å²) >= 11 is 0. The van der Waals surface area contributed by atoms with Crippen LogP contribution < -0.4 is 10.2 Å². The SMILES string of the molecule is C1=CCC2C(=C1)c1ccc(-c3ccc4c(c3)c3ccccc3n4C3N=C(c4cccc5c4CCC=C5)C=C(c4cccc5c4C=CCC5)N3)cc1N2[C@@H]1CC=CCC1. The third kappa shape index (κ3) is 5.38. The molecular formula is C54H46N4. The summed E-state index contributed by atoms with van der Waals surface area (Å²) in [5, 5.41) is 6.49. The number of fused-ring (bicyclic) bond motifs is 8. The zero-order valence-corrected chi connectivity index (χ0v) is 32.7. The Morgan fingerprint density at radius 3 is 2.48 bits per heavy atom. The smallest absolute Gasteiger partial charge is 0.201 e. The Morgan fingerprint density at radius 2 is 1.52 bits per heavy atom. The molecule has 2 aliphatic heterocycles. The number of allylic oxidation sites excluding steroid dienone is 6. The predicted octanol–water partition coefficient (Wildman–Crippen LogP) is 12.6. The highest BCUT2D eigenvalue weighted by Crippen LogP contribution is 2.48. The van der Waals surface area contributed by atoms with Crippen LogP contribution in [0, 0.1) is 0 Å². The molecule has 5 aromatic carbocycles. The van der Waals surface area contributed by atoms with Gasteiger partial charge in [-0.25, -0.2) is 4.99 Å². The first-order valence-corrected chi connectivity index (χ1v) is 21.4. The van der Waals surface area contributed by atoms with Gasteiger partial charge in [0.25, 0.3) is 0 Å². The zero-order chi connectivity index (χ0) is 38.2. The molecule has 0 fully saturated rings. The Balaban J connectivity index is 1.00. The summed E-state index contributed by atoms with van der Waals surface area (Å²) in [6, 6.07) is 37.7. The molecule has 12 rings (SSSR count). The van der Waals surface area contributed by atoms with Crippen LogP contribution in [0.25, 0.3) is 56.4 Å². The molecule has 4 nitrogen and oxygen atoms in total. The van der Waals surface area contributed by atoms with E-state index in [1.54, 1.807) is 0 Å². The van der Waals surface area contributed by atoms with E-state index in [9.17, 15) is 0 Å². The summed E-state index contributed by atoms with van der Waals surface area (Å²) in [5.74, 6) is 0. The molecule has 6 aromatic rings. The first-order chi connectivity index (χ1) is 28.8. The number of rotatable bonds is 5. The van der Waals surface area contributed by atoms with Crippen LogP contribution in [0.2, 0.25) is 0 Å². The van der Waals surface area contributed by atoms with Gasteiger partial charge in [-0.15, -0.1) is 0 Å². The number of hydrogen-bond acceptors (Lipinski definition) is 3. The molecule has 6 aliphatic rings. The molecule has 4 heteroatoms. The first-order valence-electron chi connectivity index (χ1n) is 21.4. The Kier molecular flexibility index (Phi) is 7.92. The van der Waals surface area contributed by atoms with Crippen LogP contribution in [0.15, 0.2) is 151 Å². The van der Waals surface area contributed by atoms with Gasteiger partial charge in [0, 0.05) is 44.9 Å². The van der Waals surface area contributed by atoms with Crippen molar-refractivity contribution in [2.75, 3.05) is 4.90 Å². The molecule has 2 unspecified atom stereocenters. The lowest BCUT2D eigenvalue weighted by atomic mass is 9.88. The van der Waals surface area contributed by atoms with Crippen molar-refractivity contribution in [1.82, 2.24) is 9.88 Å². The lowest BCUT2D eigenvalue weighted by Gasteiger charge is -2.37. The molecule has 0 spiro atoms. The summed E-state index contributed by atoms with van der Waals surface area (Å²) in [5.41, 5.74) is 19.2. The zero-order valence-electron chi connectivity index (χ0n) is 32.7. The maximum Gasteiger partial charge on any atom is 0.201 e. The van der Waals surface area contributed by atoms with Gasteiger partial charge in [0.2, 0.25) is 6.29 Å². The average molecular weight is 751 g/mol. The topological polar surface area (TPSA) is 32.6 Å². The number of anilines is 1. The molecule has 58 heavy (non-hydrogen) atoms. The van der Waals surface area contributed by atoms with E-state index in [4.69, 9.17) is 4.99 Å². The van der Waals surface area contributed by atoms with Gasteiger partial charge in [-0.2, -0.15) is 0 Å². The van der Waals surface area contributed by atoms with Gasteiger partial charge < -0.3 is 14.8 Å². The number of nitrogens with zero attached hydrogens (tertiary/aromatic N) is 3. The number of benzene rings is 5. The number of aryl methyl sites for hydroxylation is 1. The van der Waals surface area contributed by atoms with Crippen molar-refractivity contribution in [3.63, 3.8) is 0 Å². The van der Waals surface area contributed by atoms with Crippen molar-refractivity contribution >= 4 is 56.6 Å². The third-order valence-corrected chi connectivity index (χ3v) is 13.5. The quantitative estimate of drug-likeness (QED) is 0.178. The second-order valence-corrected chi connectivity index (χ2v) is 16.7. The molecule has 3 atom stereocenters. The average Bonchev–Trinajstić information content (AvgIpc) is 3.81. The van der Waals surface area contributed by atoms with Crippen LogP contribution in [-0.2, 0) is 12.8 Å². The van der Waals surface area contributed by atoms with Gasteiger partial charge in [-0.05, 0) is 121 Å². The van der Waals surface area contributed by atoms with Gasteiger partial charge in [0.1, 0.15) is 0 Å². The molecule has 0 amide bonds. The first kappa shape index (κ1) is 33.7. The van der Waals surface area contributed by atoms with Gasteiger partial charge in [-0.1, -0.05) is 127 Å². The van der Waals surface area contributed by atoms with Crippen molar-refractivity contribution in [1.29, 1.82) is 0 Å². The van der Waals surface area contributed by atoms with Gasteiger partial charge in [0.15, 0.2) is 0 Å². The maximum atomic E-state index is 5.63. The van der Waals surface area contributed by atoms with Crippen LogP contribution >= 0.6 is 0 Å². The van der Waals surface area contributed by atoms with Crippen LogP contribution in [-0.4, -0.2) is 22.4 Å². The largest absolute Gasteiger partial charge is 0.360 e. The van der Waals surface area contributed by atoms with E-state index in [2.05, 4.69) is 173 Å². The second kappa shape index (κ2) is 13.6. The number of hydrogen-bond donors (Lipinski definition) is 1. The van der Waals surface area contributed by atoms with Crippen LogP contribution in [0.4, 0.5) is 5.69 Å². The van der Waals surface area contributed by atoms with Gasteiger partial charge in [-0.3, -0.25) is 0 Å². The lowest BCUT2D eigenvalue weighted by molar-refractivity contribution is 0.508. The second-order valence-electron chi connectivity index (χ2n) is 16.7. The Bertz CT molecular complexity index is 2910. The normalized spacial score (nSPS) is 21.6. The minimum absolute atomic E-state index is 0.343. The number of para-hydroxylation sites is 1. The Hall–Kier alpha value is -6.39. The molecule has 0 radical (unpaired) electrons. The van der Waals surface area contributed by atoms with Crippen molar-refractivity contribution in [2.45, 2.75) is 69.7 Å². The number of aromatic nitrogens is 1. The molecule has 0 saturated carbocycles. The Labute approximate surface area is 340 Å². The monoisotopic (exact) mass is 750 g/mol. The van der Waals surface area contributed by atoms with Crippen molar-refractivity contribution in [3.8, 4) is 11.1 Å². The molecule has 1 N–H and O–H groups in total. The molecule has 3 heterocycles. The Morgan fingerprint density at radius 1 is 0.655 bits per heavy atom. The number of aliphatic imine (C=N–C) groups is 1. The van der Waals surface area contributed by atoms with Gasteiger partial charge in [0.05, 0.1) is 22.8 Å². The third-order valence-electron chi connectivity index (χ3n) is 13.5. The fourth-order valence-electron chi connectivity index (χ4n) is 10.8. The van der Waals surface area contributed by atoms with Crippen LogP contribution in [0.3, 0.4) is 0 Å². The van der Waals surface area contributed by atoms with Crippen molar-refractivity contribution in [2.24, 2.45) is 4.99 Å². The highest BCUT2D eigenvalue weighted by molar-refractivity contribution is 6.15. The van der Waals surface area contributed by atoms with Crippen LogP contribution in [0.1, 0.15) is 83.8 Å². The van der Waals surface area contributed by atoms with E-state index >= 15 is 0 Å². The minimum Gasteiger partial charge on any atom is -0.360 e. The maximum absolute atomic E-state index is 5.63. The van der Waals surface area contributed by atoms with E-state index in [0.717, 1.165) is 56.4 Å². The fraction of sp³-hybridized carbons (Fsp3) is 0.204. The van der Waals surface area contributed by atoms with Crippen molar-refractivity contribution in [3.05, 3.63) is 185 Å². The van der Waals surface area contributed by atoms with E-state index in [1.165, 1.54) is 89.6 Å². The molecule has 0 saturated heterocycles. The van der Waals surface area contributed by atoms with Gasteiger partial charge >= 0.3 is 0 Å². The number of nitrogens with one attached hydrogen (secondary N) is 1. The standard InChI is InChI=1S/C54H46N4/c1-2-18-39(19-3-1)57-50-26-10-8-22-44(50)46-30-28-38(33-53(46)57)37-29-31-52-47(32-37)45-23-9-11-27-51(45)58(52)54-55-48(42-24-12-16-35-14-4-6-20-40(35)42)34-49(56-54)43-25-13-17-36-15-5-7-21-41(36)43/h1-2,4,7-14,16-17,21-25,27-34,39,50,54,56H,3,5-6,15,18-20,26H2/t39-,50?,54?/m1/s1. The lowest BCUT2D eigenvalue weighted by Crippen LogP contribution is -2.41. The summed E-state index contributed by atoms with van der Waals surface area (Å²) in [4.78, 5) is 8.39. The van der Waals surface area contributed by atoms with E-state index in [1.807, 2.05) is 0 Å². The fourth-order valence-corrected chi connectivity index (χ4v) is 10.8. The molecule has 1 aromatic heterocycles. The summed E-state index contributed by atoms with van der Waals surface area (Å²) in [6.45, 7) is 0. The summed E-state index contributed by atoms with van der Waals surface area (Å²) < 4.78 is 2.44. The van der Waals surface area contributed by atoms with E-state index < -0.39 is 0 Å². The van der Waals surface area contributed by atoms with E-state index in [0.29, 0.717) is 12.1 Å². The summed E-state index contributed by atoms with van der Waals surface area (Å²) in [7, 11) is 0. The molecule has 282 valence electrons. The molecular weight excluding hydrogens is 705 g/mol. The van der Waals surface area contributed by atoms with Crippen LogP contribution in [0.5, 0.6) is 0 Å². The highest BCUT2D eigenvalue weighted by atomic mass is 15.3. The predicted molar refractivity (Wildman–Crippen MR) is 244 cm³/mol. The molecule has 4 aliphatic carbocycles. The van der Waals surface area contributed by atoms with Crippen molar-refractivity contribution < 1.29 is 0 Å². The van der Waals surface area contributed by atoms with E-state index in [-0.39, 0.29) is 6.29 Å². The molecule has 0 bridgehead atoms. The summed E-state index contributed by atoms with van der Waals surface area (Å²) in [6.07, 6.45) is 31.7. The highest BCUT2D eigenvalue weighted by Gasteiger charge is 2.38.